The number of hydrogen-bond acceptors (Lipinski definition) is 4. The molecule has 0 amide bonds. The highest BCUT2D eigenvalue weighted by Crippen LogP contribution is 2.53. The lowest BCUT2D eigenvalue weighted by atomic mass is 9.80. The Hall–Kier alpha value is -3.27. The van der Waals surface area contributed by atoms with Crippen LogP contribution in [0.5, 0.6) is 17.2 Å². The number of hydrogen-bond donors (Lipinski definition) is 1. The molecule has 0 aromatic heterocycles. The molecule has 4 heteroatoms. The monoisotopic (exact) mass is 386 g/mol. The summed E-state index contributed by atoms with van der Waals surface area (Å²) in [5.74, 6) is 1.32. The number of phenolic OH excluding ortho intramolecular Hbond substituents is 1. The Kier molecular flexibility index (Phi) is 3.91. The lowest BCUT2D eigenvalue weighted by Gasteiger charge is -2.32. The van der Waals surface area contributed by atoms with Crippen molar-refractivity contribution in [2.45, 2.75) is 38.7 Å². The number of rotatable bonds is 2. The van der Waals surface area contributed by atoms with E-state index < -0.39 is 6.10 Å². The van der Waals surface area contributed by atoms with Crippen LogP contribution in [0.2, 0.25) is 0 Å². The molecule has 0 fully saturated rings. The quantitative estimate of drug-likeness (QED) is 0.551. The second-order valence-corrected chi connectivity index (χ2v) is 8.17. The van der Waals surface area contributed by atoms with Crippen LogP contribution in [0.3, 0.4) is 0 Å². The van der Waals surface area contributed by atoms with E-state index in [-0.39, 0.29) is 17.6 Å². The maximum absolute atomic E-state index is 12.7. The maximum atomic E-state index is 12.7. The number of aromatic hydroxyl groups is 1. The van der Waals surface area contributed by atoms with Gasteiger partial charge in [0.2, 0.25) is 0 Å². The number of phenols is 1. The molecule has 2 atom stereocenters. The minimum absolute atomic E-state index is 0.143. The number of esters is 1. The van der Waals surface area contributed by atoms with Gasteiger partial charge in [-0.1, -0.05) is 44.2 Å². The van der Waals surface area contributed by atoms with Crippen molar-refractivity contribution in [3.05, 3.63) is 88.0 Å². The molecule has 0 aliphatic carbocycles. The Morgan fingerprint density at radius 2 is 1.59 bits per heavy atom. The van der Waals surface area contributed by atoms with Crippen LogP contribution in [0, 0.1) is 6.92 Å². The molecule has 2 unspecified atom stereocenters. The van der Waals surface area contributed by atoms with E-state index in [1.54, 1.807) is 12.1 Å². The van der Waals surface area contributed by atoms with Gasteiger partial charge in [0.15, 0.2) is 0 Å². The van der Waals surface area contributed by atoms with Crippen molar-refractivity contribution in [2.75, 3.05) is 0 Å². The molecule has 2 aliphatic heterocycles. The molecule has 1 N–H and O–H groups in total. The highest BCUT2D eigenvalue weighted by Gasteiger charge is 2.42. The van der Waals surface area contributed by atoms with Gasteiger partial charge in [0.25, 0.3) is 0 Å². The first-order valence-electron chi connectivity index (χ1n) is 9.88. The average molecular weight is 386 g/mol. The topological polar surface area (TPSA) is 55.8 Å². The SMILES string of the molecule is Cc1ccc2c(c1)Oc1cc(O)ccc1C2C1OC(=O)c2cc(C(C)C)ccc21. The lowest BCUT2D eigenvalue weighted by molar-refractivity contribution is 0.0345. The molecule has 146 valence electrons. The first kappa shape index (κ1) is 17.8. The molecular formula is C25H22O4. The fraction of sp³-hybridized carbons (Fsp3) is 0.240. The Labute approximate surface area is 169 Å². The van der Waals surface area contributed by atoms with Crippen LogP contribution >= 0.6 is 0 Å². The smallest absolute Gasteiger partial charge is 0.339 e. The largest absolute Gasteiger partial charge is 0.508 e. The second-order valence-electron chi connectivity index (χ2n) is 8.17. The molecule has 2 aliphatic rings. The summed E-state index contributed by atoms with van der Waals surface area (Å²) in [6.45, 7) is 6.23. The van der Waals surface area contributed by atoms with Gasteiger partial charge in [0.05, 0.1) is 11.5 Å². The Morgan fingerprint density at radius 3 is 2.34 bits per heavy atom. The predicted octanol–water partition coefficient (Wildman–Crippen LogP) is 5.97. The third kappa shape index (κ3) is 2.79. The number of cyclic esters (lactones) is 1. The fourth-order valence-corrected chi connectivity index (χ4v) is 4.32. The summed E-state index contributed by atoms with van der Waals surface area (Å²) in [4.78, 5) is 12.7. The molecule has 3 aromatic rings. The second kappa shape index (κ2) is 6.38. The van der Waals surface area contributed by atoms with Crippen LogP contribution < -0.4 is 4.74 Å². The van der Waals surface area contributed by atoms with Gasteiger partial charge in [0, 0.05) is 22.8 Å². The van der Waals surface area contributed by atoms with E-state index in [2.05, 4.69) is 19.9 Å². The molecule has 0 spiro atoms. The van der Waals surface area contributed by atoms with E-state index in [0.717, 1.165) is 33.6 Å². The number of ether oxygens (including phenoxy) is 2. The first-order chi connectivity index (χ1) is 13.9. The van der Waals surface area contributed by atoms with Gasteiger partial charge in [-0.25, -0.2) is 4.79 Å². The van der Waals surface area contributed by atoms with Crippen LogP contribution in [-0.2, 0) is 4.74 Å². The molecule has 5 rings (SSSR count). The summed E-state index contributed by atoms with van der Waals surface area (Å²) in [5.41, 5.74) is 5.62. The van der Waals surface area contributed by atoms with Crippen molar-refractivity contribution in [1.82, 2.24) is 0 Å². The Balaban J connectivity index is 1.69. The van der Waals surface area contributed by atoms with Crippen molar-refractivity contribution >= 4 is 5.97 Å². The molecular weight excluding hydrogens is 364 g/mol. The lowest BCUT2D eigenvalue weighted by Crippen LogP contribution is -2.18. The Morgan fingerprint density at radius 1 is 0.897 bits per heavy atom. The standard InChI is InChI=1S/C25H22O4/c1-13(2)15-5-8-17-20(11-15)25(27)29-24(17)23-18-7-4-14(3)10-21(18)28-22-12-16(26)6-9-19(22)23/h4-13,23-24,26H,1-3H3. The third-order valence-corrected chi connectivity index (χ3v) is 5.86. The normalized spacial score (nSPS) is 19.2. The van der Waals surface area contributed by atoms with Gasteiger partial charge in [-0.05, 0) is 42.2 Å². The highest BCUT2D eigenvalue weighted by atomic mass is 16.5. The summed E-state index contributed by atoms with van der Waals surface area (Å²) in [5, 5.41) is 9.96. The van der Waals surface area contributed by atoms with Gasteiger partial charge in [-0.2, -0.15) is 0 Å². The number of carbonyl (C=O) groups is 1. The van der Waals surface area contributed by atoms with Crippen molar-refractivity contribution in [3.8, 4) is 17.2 Å². The zero-order chi connectivity index (χ0) is 20.3. The number of benzene rings is 3. The number of aryl methyl sites for hydroxylation is 1. The maximum Gasteiger partial charge on any atom is 0.339 e. The van der Waals surface area contributed by atoms with Gasteiger partial charge < -0.3 is 14.6 Å². The van der Waals surface area contributed by atoms with Crippen LogP contribution in [0.25, 0.3) is 0 Å². The number of carbonyl (C=O) groups excluding carboxylic acids is 1. The van der Waals surface area contributed by atoms with E-state index in [1.165, 1.54) is 0 Å². The average Bonchev–Trinajstić information content (AvgIpc) is 3.01. The van der Waals surface area contributed by atoms with Crippen molar-refractivity contribution in [3.63, 3.8) is 0 Å². The van der Waals surface area contributed by atoms with E-state index in [1.807, 2.05) is 43.3 Å². The van der Waals surface area contributed by atoms with Crippen LogP contribution in [0.4, 0.5) is 0 Å². The zero-order valence-electron chi connectivity index (χ0n) is 16.6. The molecule has 4 nitrogen and oxygen atoms in total. The summed E-state index contributed by atoms with van der Waals surface area (Å²) in [6, 6.07) is 17.2. The predicted molar refractivity (Wildman–Crippen MR) is 110 cm³/mol. The van der Waals surface area contributed by atoms with E-state index in [9.17, 15) is 9.90 Å². The van der Waals surface area contributed by atoms with Crippen molar-refractivity contribution in [2.24, 2.45) is 0 Å². The highest BCUT2D eigenvalue weighted by molar-refractivity contribution is 5.94. The van der Waals surface area contributed by atoms with Crippen LogP contribution in [0.1, 0.15) is 70.0 Å². The van der Waals surface area contributed by atoms with Crippen LogP contribution in [0.15, 0.2) is 54.6 Å². The summed E-state index contributed by atoms with van der Waals surface area (Å²) < 4.78 is 12.0. The van der Waals surface area contributed by atoms with E-state index in [4.69, 9.17) is 9.47 Å². The molecule has 0 bridgehead atoms. The fourth-order valence-electron chi connectivity index (χ4n) is 4.32. The van der Waals surface area contributed by atoms with Gasteiger partial charge >= 0.3 is 5.97 Å². The Bertz CT molecular complexity index is 1090. The van der Waals surface area contributed by atoms with Gasteiger partial charge in [-0.15, -0.1) is 0 Å². The van der Waals surface area contributed by atoms with Gasteiger partial charge in [-0.3, -0.25) is 0 Å². The summed E-state index contributed by atoms with van der Waals surface area (Å²) in [6.07, 6.45) is -0.438. The summed E-state index contributed by atoms with van der Waals surface area (Å²) in [7, 11) is 0. The molecule has 2 heterocycles. The van der Waals surface area contributed by atoms with Crippen LogP contribution in [-0.4, -0.2) is 11.1 Å². The molecule has 29 heavy (non-hydrogen) atoms. The van der Waals surface area contributed by atoms with Crippen molar-refractivity contribution < 1.29 is 19.4 Å². The zero-order valence-corrected chi connectivity index (χ0v) is 16.6. The van der Waals surface area contributed by atoms with E-state index in [0.29, 0.717) is 17.2 Å². The van der Waals surface area contributed by atoms with Crippen molar-refractivity contribution in [1.29, 1.82) is 0 Å². The minimum atomic E-state index is -0.438. The number of fused-ring (bicyclic) bond motifs is 3. The van der Waals surface area contributed by atoms with E-state index >= 15 is 0 Å². The minimum Gasteiger partial charge on any atom is -0.508 e. The molecule has 0 radical (unpaired) electrons. The first-order valence-corrected chi connectivity index (χ1v) is 9.88. The molecule has 3 aromatic carbocycles. The molecule has 0 saturated heterocycles. The summed E-state index contributed by atoms with van der Waals surface area (Å²) >= 11 is 0. The molecule has 0 saturated carbocycles. The third-order valence-electron chi connectivity index (χ3n) is 5.86. The van der Waals surface area contributed by atoms with Gasteiger partial charge in [0.1, 0.15) is 23.4 Å².